The van der Waals surface area contributed by atoms with Gasteiger partial charge >= 0.3 is 6.09 Å². The number of carbonyl (C=O) groups excluding carboxylic acids is 1. The number of methoxy groups -OCH3 is 1. The molecule has 0 bridgehead atoms. The summed E-state index contributed by atoms with van der Waals surface area (Å²) in [4.78, 5) is 18.0. The van der Waals surface area contributed by atoms with E-state index in [2.05, 4.69) is 4.98 Å². The molecular weight excluding hydrogens is 272 g/mol. The fourth-order valence-electron chi connectivity index (χ4n) is 1.87. The number of hydrogen-bond donors (Lipinski definition) is 0. The van der Waals surface area contributed by atoms with Crippen LogP contribution in [-0.4, -0.2) is 41.8 Å². The molecule has 1 aromatic heterocycles. The van der Waals surface area contributed by atoms with Crippen molar-refractivity contribution in [2.75, 3.05) is 20.3 Å². The molecule has 6 heteroatoms. The molecule has 0 spiro atoms. The van der Waals surface area contributed by atoms with Crippen LogP contribution in [0, 0.1) is 0 Å². The number of amides is 1. The Balaban J connectivity index is 2.26. The average Bonchev–Trinajstić information content (AvgIpc) is 2.45. The van der Waals surface area contributed by atoms with Crippen molar-refractivity contribution in [2.45, 2.75) is 26.4 Å². The van der Waals surface area contributed by atoms with Crippen molar-refractivity contribution in [2.24, 2.45) is 0 Å². The van der Waals surface area contributed by atoms with E-state index in [1.807, 2.05) is 20.8 Å². The van der Waals surface area contributed by atoms with Crippen molar-refractivity contribution in [3.8, 4) is 5.75 Å². The van der Waals surface area contributed by atoms with Gasteiger partial charge in [0.2, 0.25) is 0 Å². The zero-order chi connectivity index (χ0) is 15.5. The quantitative estimate of drug-likeness (QED) is 0.838. The van der Waals surface area contributed by atoms with Gasteiger partial charge in [-0.2, -0.15) is 0 Å². The van der Waals surface area contributed by atoms with Crippen molar-refractivity contribution in [3.05, 3.63) is 30.3 Å². The molecule has 1 aliphatic heterocycles. The summed E-state index contributed by atoms with van der Waals surface area (Å²) in [5, 5.41) is 0. The maximum absolute atomic E-state index is 12.3. The summed E-state index contributed by atoms with van der Waals surface area (Å²) < 4.78 is 15.9. The third-order valence-corrected chi connectivity index (χ3v) is 2.78. The van der Waals surface area contributed by atoms with Crippen molar-refractivity contribution >= 4 is 11.8 Å². The maximum atomic E-state index is 12.3. The molecule has 0 saturated carbocycles. The first-order valence-electron chi connectivity index (χ1n) is 6.72. The Morgan fingerprint density at radius 2 is 2.14 bits per heavy atom. The van der Waals surface area contributed by atoms with Gasteiger partial charge in [0.25, 0.3) is 0 Å². The fourth-order valence-corrected chi connectivity index (χ4v) is 1.87. The molecular formula is C15H20N2O4. The molecule has 0 aromatic carbocycles. The molecule has 1 aromatic rings. The van der Waals surface area contributed by atoms with Gasteiger partial charge in [-0.1, -0.05) is 0 Å². The predicted octanol–water partition coefficient (Wildman–Crippen LogP) is 2.66. The first-order chi connectivity index (χ1) is 9.90. The molecule has 0 N–H and O–H groups in total. The Morgan fingerprint density at radius 3 is 2.81 bits per heavy atom. The van der Waals surface area contributed by atoms with Gasteiger partial charge in [-0.15, -0.1) is 0 Å². The molecule has 0 saturated heterocycles. The molecule has 114 valence electrons. The minimum Gasteiger partial charge on any atom is -0.497 e. The number of nitrogens with zero attached hydrogens (tertiary/aromatic N) is 2. The van der Waals surface area contributed by atoms with Crippen LogP contribution in [0.2, 0.25) is 0 Å². The first kappa shape index (κ1) is 15.2. The van der Waals surface area contributed by atoms with E-state index < -0.39 is 11.7 Å². The Bertz CT molecular complexity index is 549. The van der Waals surface area contributed by atoms with Crippen LogP contribution in [0.3, 0.4) is 0 Å². The second kappa shape index (κ2) is 6.03. The standard InChI is InChI=1S/C15H20N2O4/c1-15(2,3)21-14(18)17-5-6-20-10-13(17)11-7-12(19-4)9-16-8-11/h7-10H,5-6H2,1-4H3. The van der Waals surface area contributed by atoms with Crippen molar-refractivity contribution in [1.82, 2.24) is 9.88 Å². The minimum absolute atomic E-state index is 0.403. The number of rotatable bonds is 2. The summed E-state index contributed by atoms with van der Waals surface area (Å²) in [5.74, 6) is 0.614. The van der Waals surface area contributed by atoms with Crippen LogP contribution in [0.4, 0.5) is 4.79 Å². The van der Waals surface area contributed by atoms with Crippen LogP contribution in [0.15, 0.2) is 24.7 Å². The van der Waals surface area contributed by atoms with Gasteiger partial charge in [0.05, 0.1) is 25.5 Å². The Hall–Kier alpha value is -2.24. The topological polar surface area (TPSA) is 60.9 Å². The smallest absolute Gasteiger partial charge is 0.415 e. The highest BCUT2D eigenvalue weighted by Gasteiger charge is 2.28. The number of ether oxygens (including phenoxy) is 3. The summed E-state index contributed by atoms with van der Waals surface area (Å²) in [6.45, 7) is 6.36. The number of pyridine rings is 1. The van der Waals surface area contributed by atoms with E-state index in [9.17, 15) is 4.79 Å². The van der Waals surface area contributed by atoms with E-state index in [4.69, 9.17) is 14.2 Å². The zero-order valence-corrected chi connectivity index (χ0v) is 12.8. The van der Waals surface area contributed by atoms with Gasteiger partial charge in [-0.25, -0.2) is 4.79 Å². The normalized spacial score (nSPS) is 15.0. The molecule has 0 aliphatic carbocycles. The van der Waals surface area contributed by atoms with Crippen molar-refractivity contribution in [1.29, 1.82) is 0 Å². The Morgan fingerprint density at radius 1 is 1.38 bits per heavy atom. The lowest BCUT2D eigenvalue weighted by Crippen LogP contribution is -2.39. The van der Waals surface area contributed by atoms with E-state index in [-0.39, 0.29) is 0 Å². The summed E-state index contributed by atoms with van der Waals surface area (Å²) in [6, 6.07) is 1.80. The van der Waals surface area contributed by atoms with E-state index in [1.165, 1.54) is 0 Å². The average molecular weight is 292 g/mol. The fraction of sp³-hybridized carbons (Fsp3) is 0.467. The van der Waals surface area contributed by atoms with Gasteiger partial charge in [0.15, 0.2) is 0 Å². The molecule has 0 unspecified atom stereocenters. The zero-order valence-electron chi connectivity index (χ0n) is 12.8. The Kier molecular flexibility index (Phi) is 4.35. The molecule has 6 nitrogen and oxygen atoms in total. The Labute approximate surface area is 124 Å². The summed E-state index contributed by atoms with van der Waals surface area (Å²) >= 11 is 0. The van der Waals surface area contributed by atoms with E-state index in [0.29, 0.717) is 24.6 Å². The van der Waals surface area contributed by atoms with Crippen LogP contribution < -0.4 is 4.74 Å². The monoisotopic (exact) mass is 292 g/mol. The van der Waals surface area contributed by atoms with Crippen LogP contribution in [0.25, 0.3) is 5.70 Å². The number of aromatic nitrogens is 1. The van der Waals surface area contributed by atoms with Gasteiger partial charge in [0.1, 0.15) is 24.2 Å². The highest BCUT2D eigenvalue weighted by atomic mass is 16.6. The number of hydrogen-bond acceptors (Lipinski definition) is 5. The van der Waals surface area contributed by atoms with Crippen LogP contribution in [-0.2, 0) is 9.47 Å². The maximum Gasteiger partial charge on any atom is 0.415 e. The van der Waals surface area contributed by atoms with Gasteiger partial charge in [0, 0.05) is 11.8 Å². The highest BCUT2D eigenvalue weighted by molar-refractivity contribution is 5.82. The molecule has 1 amide bonds. The summed E-state index contributed by atoms with van der Waals surface area (Å²) in [6.07, 6.45) is 4.40. The van der Waals surface area contributed by atoms with Crippen molar-refractivity contribution < 1.29 is 19.0 Å². The van der Waals surface area contributed by atoms with Crippen molar-refractivity contribution in [3.63, 3.8) is 0 Å². The molecule has 0 fully saturated rings. The second-order valence-corrected chi connectivity index (χ2v) is 5.62. The van der Waals surface area contributed by atoms with E-state index in [0.717, 1.165) is 5.56 Å². The van der Waals surface area contributed by atoms with E-state index >= 15 is 0 Å². The largest absolute Gasteiger partial charge is 0.497 e. The van der Waals surface area contributed by atoms with Crippen LogP contribution in [0.5, 0.6) is 5.75 Å². The second-order valence-electron chi connectivity index (χ2n) is 5.62. The number of carbonyl (C=O) groups is 1. The highest BCUT2D eigenvalue weighted by Crippen LogP contribution is 2.26. The van der Waals surface area contributed by atoms with Crippen LogP contribution >= 0.6 is 0 Å². The van der Waals surface area contributed by atoms with E-state index in [1.54, 1.807) is 36.7 Å². The molecule has 2 rings (SSSR count). The lowest BCUT2D eigenvalue weighted by molar-refractivity contribution is 0.0296. The molecule has 1 aliphatic rings. The summed E-state index contributed by atoms with van der Waals surface area (Å²) in [5.41, 5.74) is 0.800. The third kappa shape index (κ3) is 3.87. The van der Waals surface area contributed by atoms with Gasteiger partial charge in [-0.05, 0) is 26.8 Å². The molecule has 2 heterocycles. The SMILES string of the molecule is COc1cncc(C2=COCCN2C(=O)OC(C)(C)C)c1. The summed E-state index contributed by atoms with van der Waals surface area (Å²) in [7, 11) is 1.57. The van der Waals surface area contributed by atoms with Crippen LogP contribution in [0.1, 0.15) is 26.3 Å². The molecule has 21 heavy (non-hydrogen) atoms. The third-order valence-electron chi connectivity index (χ3n) is 2.78. The van der Waals surface area contributed by atoms with Gasteiger partial charge in [-0.3, -0.25) is 9.88 Å². The lowest BCUT2D eigenvalue weighted by Gasteiger charge is -2.31. The minimum atomic E-state index is -0.548. The molecule has 0 radical (unpaired) electrons. The molecule has 0 atom stereocenters. The van der Waals surface area contributed by atoms with Gasteiger partial charge < -0.3 is 14.2 Å². The predicted molar refractivity (Wildman–Crippen MR) is 77.7 cm³/mol. The lowest BCUT2D eigenvalue weighted by atomic mass is 10.2. The first-order valence-corrected chi connectivity index (χ1v) is 6.72.